The molecule has 4 heteroatoms. The number of benzene rings is 1. The van der Waals surface area contributed by atoms with Crippen molar-refractivity contribution in [2.24, 2.45) is 0 Å². The van der Waals surface area contributed by atoms with Gasteiger partial charge in [0.15, 0.2) is 0 Å². The van der Waals surface area contributed by atoms with E-state index in [1.165, 1.54) is 5.56 Å². The Bertz CT molecular complexity index is 451. The van der Waals surface area contributed by atoms with Crippen LogP contribution in [0.2, 0.25) is 5.02 Å². The minimum absolute atomic E-state index is 0. The van der Waals surface area contributed by atoms with Crippen molar-refractivity contribution in [3.8, 4) is 5.75 Å². The van der Waals surface area contributed by atoms with Crippen LogP contribution in [0.1, 0.15) is 58.6 Å². The number of nitrogens with zero attached hydrogens (tertiary/aromatic N) is 1. The van der Waals surface area contributed by atoms with E-state index in [0.717, 1.165) is 22.9 Å². The Morgan fingerprint density at radius 2 is 1.59 bits per heavy atom. The molecule has 22 heavy (non-hydrogen) atoms. The fourth-order valence-corrected chi connectivity index (χ4v) is 2.79. The fourth-order valence-electron chi connectivity index (χ4n) is 2.62. The fraction of sp³-hybridized carbons (Fsp3) is 0.667. The first-order chi connectivity index (χ1) is 9.73. The lowest BCUT2D eigenvalue weighted by molar-refractivity contribution is 0.141. The Morgan fingerprint density at radius 3 is 2.05 bits per heavy atom. The highest BCUT2D eigenvalue weighted by molar-refractivity contribution is 6.31. The Labute approximate surface area is 147 Å². The predicted octanol–water partition coefficient (Wildman–Crippen LogP) is 5.69. The van der Waals surface area contributed by atoms with Gasteiger partial charge in [0, 0.05) is 23.7 Å². The quantitative estimate of drug-likeness (QED) is 0.627. The average Bonchev–Trinajstić information content (AvgIpc) is 2.36. The normalized spacial score (nSPS) is 11.5. The molecule has 0 aliphatic rings. The van der Waals surface area contributed by atoms with Gasteiger partial charge in [-0.2, -0.15) is 0 Å². The van der Waals surface area contributed by atoms with Crippen LogP contribution in [-0.4, -0.2) is 30.1 Å². The SMILES string of the molecule is Cc1cc(OCCN(C(C)C)C(C)C)c(C(C)C)cc1Cl.Cl. The largest absolute Gasteiger partial charge is 0.492 e. The summed E-state index contributed by atoms with van der Waals surface area (Å²) >= 11 is 6.23. The third-order valence-corrected chi connectivity index (χ3v) is 4.25. The Morgan fingerprint density at radius 1 is 1.05 bits per heavy atom. The smallest absolute Gasteiger partial charge is 0.123 e. The van der Waals surface area contributed by atoms with Gasteiger partial charge in [-0.05, 0) is 63.8 Å². The molecular weight excluding hydrogens is 317 g/mol. The molecule has 0 aliphatic heterocycles. The lowest BCUT2D eigenvalue weighted by atomic mass is 10.0. The monoisotopic (exact) mass is 347 g/mol. The molecule has 0 fully saturated rings. The summed E-state index contributed by atoms with van der Waals surface area (Å²) in [6.07, 6.45) is 0. The van der Waals surface area contributed by atoms with Crippen LogP contribution in [0.25, 0.3) is 0 Å². The summed E-state index contributed by atoms with van der Waals surface area (Å²) in [5.74, 6) is 1.38. The molecule has 128 valence electrons. The van der Waals surface area contributed by atoms with Gasteiger partial charge in [-0.15, -0.1) is 12.4 Å². The number of halogens is 2. The van der Waals surface area contributed by atoms with Crippen molar-refractivity contribution in [1.82, 2.24) is 4.90 Å². The van der Waals surface area contributed by atoms with E-state index < -0.39 is 0 Å². The van der Waals surface area contributed by atoms with Crippen LogP contribution in [0.3, 0.4) is 0 Å². The highest BCUT2D eigenvalue weighted by Crippen LogP contribution is 2.32. The second kappa shape index (κ2) is 9.64. The Hall–Kier alpha value is -0.440. The maximum absolute atomic E-state index is 6.23. The molecule has 0 saturated heterocycles. The van der Waals surface area contributed by atoms with Gasteiger partial charge in [-0.25, -0.2) is 0 Å². The van der Waals surface area contributed by atoms with Crippen molar-refractivity contribution in [3.05, 3.63) is 28.3 Å². The van der Waals surface area contributed by atoms with Gasteiger partial charge in [0.25, 0.3) is 0 Å². The summed E-state index contributed by atoms with van der Waals surface area (Å²) in [4.78, 5) is 2.44. The summed E-state index contributed by atoms with van der Waals surface area (Å²) in [6, 6.07) is 5.17. The molecule has 0 atom stereocenters. The zero-order chi connectivity index (χ0) is 16.2. The molecule has 0 saturated carbocycles. The van der Waals surface area contributed by atoms with Crippen LogP contribution in [0.5, 0.6) is 5.75 Å². The van der Waals surface area contributed by atoms with Crippen LogP contribution < -0.4 is 4.74 Å². The second-order valence-electron chi connectivity index (χ2n) is 6.57. The van der Waals surface area contributed by atoms with Crippen LogP contribution in [0, 0.1) is 6.92 Å². The van der Waals surface area contributed by atoms with Crippen molar-refractivity contribution in [3.63, 3.8) is 0 Å². The molecule has 2 nitrogen and oxygen atoms in total. The number of ether oxygens (including phenoxy) is 1. The van der Waals surface area contributed by atoms with Gasteiger partial charge in [-0.1, -0.05) is 25.4 Å². The molecule has 0 N–H and O–H groups in total. The van der Waals surface area contributed by atoms with Gasteiger partial charge in [0.1, 0.15) is 12.4 Å². The van der Waals surface area contributed by atoms with Gasteiger partial charge in [0.05, 0.1) is 0 Å². The van der Waals surface area contributed by atoms with Crippen LogP contribution in [-0.2, 0) is 0 Å². The van der Waals surface area contributed by atoms with Crippen molar-refractivity contribution < 1.29 is 4.74 Å². The first-order valence-electron chi connectivity index (χ1n) is 7.92. The van der Waals surface area contributed by atoms with E-state index >= 15 is 0 Å². The van der Waals surface area contributed by atoms with Crippen LogP contribution >= 0.6 is 24.0 Å². The van der Waals surface area contributed by atoms with Crippen molar-refractivity contribution in [2.45, 2.75) is 66.5 Å². The van der Waals surface area contributed by atoms with Gasteiger partial charge >= 0.3 is 0 Å². The van der Waals surface area contributed by atoms with E-state index in [1.807, 2.05) is 13.0 Å². The zero-order valence-electron chi connectivity index (χ0n) is 14.9. The summed E-state index contributed by atoms with van der Waals surface area (Å²) in [6.45, 7) is 16.9. The third-order valence-electron chi connectivity index (χ3n) is 3.85. The van der Waals surface area contributed by atoms with Crippen LogP contribution in [0.4, 0.5) is 0 Å². The minimum atomic E-state index is 0. The first kappa shape index (κ1) is 21.6. The molecule has 0 spiro atoms. The molecule has 0 bridgehead atoms. The lowest BCUT2D eigenvalue weighted by Gasteiger charge is -2.30. The molecular formula is C18H31Cl2NO. The average molecular weight is 348 g/mol. The van der Waals surface area contributed by atoms with E-state index in [0.29, 0.717) is 24.6 Å². The summed E-state index contributed by atoms with van der Waals surface area (Å²) < 4.78 is 6.06. The molecule has 1 rings (SSSR count). The number of rotatable bonds is 7. The zero-order valence-corrected chi connectivity index (χ0v) is 16.5. The number of aryl methyl sites for hydroxylation is 1. The Kier molecular flexibility index (Phi) is 9.45. The molecule has 0 aromatic heterocycles. The molecule has 0 aliphatic carbocycles. The second-order valence-corrected chi connectivity index (χ2v) is 6.97. The van der Waals surface area contributed by atoms with Crippen molar-refractivity contribution in [1.29, 1.82) is 0 Å². The molecule has 1 aromatic carbocycles. The van der Waals surface area contributed by atoms with Gasteiger partial charge in [0.2, 0.25) is 0 Å². The molecule has 0 radical (unpaired) electrons. The summed E-state index contributed by atoms with van der Waals surface area (Å²) in [7, 11) is 0. The van der Waals surface area contributed by atoms with E-state index in [2.05, 4.69) is 52.5 Å². The van der Waals surface area contributed by atoms with Gasteiger partial charge in [-0.3, -0.25) is 4.90 Å². The maximum atomic E-state index is 6.23. The Balaban J connectivity index is 0.00000441. The van der Waals surface area contributed by atoms with Crippen LogP contribution in [0.15, 0.2) is 12.1 Å². The summed E-state index contributed by atoms with van der Waals surface area (Å²) in [5, 5.41) is 0.817. The topological polar surface area (TPSA) is 12.5 Å². The number of hydrogen-bond acceptors (Lipinski definition) is 2. The summed E-state index contributed by atoms with van der Waals surface area (Å²) in [5.41, 5.74) is 2.26. The molecule has 0 unspecified atom stereocenters. The maximum Gasteiger partial charge on any atom is 0.123 e. The first-order valence-corrected chi connectivity index (χ1v) is 8.30. The predicted molar refractivity (Wildman–Crippen MR) is 100.0 cm³/mol. The van der Waals surface area contributed by atoms with Crippen molar-refractivity contribution in [2.75, 3.05) is 13.2 Å². The highest BCUT2D eigenvalue weighted by Gasteiger charge is 2.15. The van der Waals surface area contributed by atoms with E-state index in [4.69, 9.17) is 16.3 Å². The van der Waals surface area contributed by atoms with E-state index in [1.54, 1.807) is 0 Å². The van der Waals surface area contributed by atoms with E-state index in [-0.39, 0.29) is 12.4 Å². The van der Waals surface area contributed by atoms with E-state index in [9.17, 15) is 0 Å². The van der Waals surface area contributed by atoms with Gasteiger partial charge < -0.3 is 4.74 Å². The molecule has 0 amide bonds. The third kappa shape index (κ3) is 5.98. The number of hydrogen-bond donors (Lipinski definition) is 0. The standard InChI is InChI=1S/C18H30ClNO.ClH/c1-12(2)16-11-17(19)15(7)10-18(16)21-9-8-20(13(3)4)14(5)6;/h10-14H,8-9H2,1-7H3;1H. The van der Waals surface area contributed by atoms with Crippen molar-refractivity contribution >= 4 is 24.0 Å². The molecule has 1 aromatic rings. The molecule has 0 heterocycles. The minimum Gasteiger partial charge on any atom is -0.492 e. The lowest BCUT2D eigenvalue weighted by Crippen LogP contribution is -2.39. The highest BCUT2D eigenvalue weighted by atomic mass is 35.5.